The number of halogens is 2. The van der Waals surface area contributed by atoms with Gasteiger partial charge in [-0.3, -0.25) is 0 Å². The minimum Gasteiger partial charge on any atom is -0.304 e. The molecule has 0 atom stereocenters. The first kappa shape index (κ1) is 19.1. The van der Waals surface area contributed by atoms with E-state index in [1.807, 2.05) is 0 Å². The Morgan fingerprint density at radius 3 is 2.52 bits per heavy atom. The molecule has 1 rings (SSSR count). The number of hydrogen-bond acceptors (Lipinski definition) is 3. The Morgan fingerprint density at radius 2 is 1.90 bits per heavy atom. The number of benzene rings is 1. The molecule has 0 radical (unpaired) electrons. The number of nitrogens with zero attached hydrogens (tertiary/aromatic N) is 1. The molecule has 1 aromatic carbocycles. The molecule has 120 valence electrons. The average Bonchev–Trinajstić information content (AvgIpc) is 2.40. The van der Waals surface area contributed by atoms with E-state index in [1.54, 1.807) is 18.2 Å². The minimum atomic E-state index is -3.47. The van der Waals surface area contributed by atoms with Crippen molar-refractivity contribution in [1.29, 1.82) is 0 Å². The third kappa shape index (κ3) is 6.36. The first-order valence-corrected chi connectivity index (χ1v) is 9.96. The van der Waals surface area contributed by atoms with Crippen molar-refractivity contribution in [3.05, 3.63) is 27.1 Å². The first-order chi connectivity index (χ1) is 9.74. The molecular formula is C14H22Br2N2O2S. The van der Waals surface area contributed by atoms with Gasteiger partial charge in [0, 0.05) is 21.5 Å². The molecule has 0 aliphatic carbocycles. The van der Waals surface area contributed by atoms with E-state index in [1.165, 1.54) is 0 Å². The fraction of sp³-hybridized carbons (Fsp3) is 0.571. The van der Waals surface area contributed by atoms with Gasteiger partial charge in [-0.05, 0) is 74.4 Å². The zero-order valence-electron chi connectivity index (χ0n) is 12.6. The van der Waals surface area contributed by atoms with E-state index in [2.05, 4.69) is 62.4 Å². The van der Waals surface area contributed by atoms with Crippen molar-refractivity contribution in [3.63, 3.8) is 0 Å². The summed E-state index contributed by atoms with van der Waals surface area (Å²) in [5, 5.41) is 0. The predicted octanol–water partition coefficient (Wildman–Crippen LogP) is 3.61. The highest BCUT2D eigenvalue weighted by molar-refractivity contribution is 9.11. The lowest BCUT2D eigenvalue weighted by Crippen LogP contribution is -2.29. The fourth-order valence-electron chi connectivity index (χ4n) is 1.71. The van der Waals surface area contributed by atoms with E-state index >= 15 is 0 Å². The standard InChI is InChI=1S/C14H22Br2N2O2S/c1-11(2)18(3)9-5-4-8-17-21(19,20)14-10-12(15)6-7-13(14)16/h6-7,10-11,17H,4-5,8-9H2,1-3H3. The van der Waals surface area contributed by atoms with Gasteiger partial charge >= 0.3 is 0 Å². The molecule has 4 nitrogen and oxygen atoms in total. The Hall–Kier alpha value is 0.0500. The molecule has 1 N–H and O–H groups in total. The monoisotopic (exact) mass is 440 g/mol. The van der Waals surface area contributed by atoms with Crippen LogP contribution in [-0.4, -0.2) is 39.5 Å². The van der Waals surface area contributed by atoms with Crippen LogP contribution >= 0.6 is 31.9 Å². The summed E-state index contributed by atoms with van der Waals surface area (Å²) in [5.74, 6) is 0. The van der Waals surface area contributed by atoms with Crippen LogP contribution in [0.3, 0.4) is 0 Å². The lowest BCUT2D eigenvalue weighted by atomic mass is 10.2. The highest BCUT2D eigenvalue weighted by atomic mass is 79.9. The van der Waals surface area contributed by atoms with Crippen LogP contribution in [0.1, 0.15) is 26.7 Å². The van der Waals surface area contributed by atoms with Crippen LogP contribution in [0.2, 0.25) is 0 Å². The third-order valence-electron chi connectivity index (χ3n) is 3.29. The van der Waals surface area contributed by atoms with Crippen LogP contribution in [0, 0.1) is 0 Å². The van der Waals surface area contributed by atoms with E-state index < -0.39 is 10.0 Å². The molecule has 0 saturated heterocycles. The summed E-state index contributed by atoms with van der Waals surface area (Å²) in [6, 6.07) is 5.62. The summed E-state index contributed by atoms with van der Waals surface area (Å²) in [6.07, 6.45) is 1.79. The molecule has 0 heterocycles. The van der Waals surface area contributed by atoms with Crippen LogP contribution in [-0.2, 0) is 10.0 Å². The summed E-state index contributed by atoms with van der Waals surface area (Å²) >= 11 is 6.57. The van der Waals surface area contributed by atoms with Gasteiger partial charge in [0.2, 0.25) is 10.0 Å². The average molecular weight is 442 g/mol. The van der Waals surface area contributed by atoms with Gasteiger partial charge < -0.3 is 4.90 Å². The van der Waals surface area contributed by atoms with Gasteiger partial charge in [-0.15, -0.1) is 0 Å². The van der Waals surface area contributed by atoms with Gasteiger partial charge in [0.05, 0.1) is 4.90 Å². The maximum atomic E-state index is 12.2. The molecule has 0 saturated carbocycles. The molecule has 7 heteroatoms. The van der Waals surface area contributed by atoms with E-state index in [0.717, 1.165) is 23.9 Å². The lowest BCUT2D eigenvalue weighted by molar-refractivity contribution is 0.268. The zero-order chi connectivity index (χ0) is 16.0. The normalized spacial score (nSPS) is 12.3. The van der Waals surface area contributed by atoms with Gasteiger partial charge in [-0.2, -0.15) is 0 Å². The van der Waals surface area contributed by atoms with E-state index in [9.17, 15) is 8.42 Å². The molecule has 0 bridgehead atoms. The molecule has 0 fully saturated rings. The van der Waals surface area contributed by atoms with Gasteiger partial charge in [0.15, 0.2) is 0 Å². The van der Waals surface area contributed by atoms with Gasteiger partial charge in [0.1, 0.15) is 0 Å². The Balaban J connectivity index is 2.49. The topological polar surface area (TPSA) is 49.4 Å². The molecule has 0 aliphatic rings. The van der Waals surface area contributed by atoms with Crippen molar-refractivity contribution in [1.82, 2.24) is 9.62 Å². The van der Waals surface area contributed by atoms with Gasteiger partial charge in [0.25, 0.3) is 0 Å². The second-order valence-corrected chi connectivity index (χ2v) is 8.76. The molecule has 0 spiro atoms. The van der Waals surface area contributed by atoms with Crippen molar-refractivity contribution in [2.45, 2.75) is 37.6 Å². The highest BCUT2D eigenvalue weighted by Gasteiger charge is 2.17. The van der Waals surface area contributed by atoms with Crippen molar-refractivity contribution in [2.75, 3.05) is 20.1 Å². The minimum absolute atomic E-state index is 0.260. The highest BCUT2D eigenvalue weighted by Crippen LogP contribution is 2.25. The molecule has 0 unspecified atom stereocenters. The van der Waals surface area contributed by atoms with E-state index in [4.69, 9.17) is 0 Å². The number of nitrogens with one attached hydrogen (secondary N) is 1. The van der Waals surface area contributed by atoms with E-state index in [0.29, 0.717) is 17.1 Å². The van der Waals surface area contributed by atoms with Gasteiger partial charge in [-0.1, -0.05) is 15.9 Å². The molecule has 21 heavy (non-hydrogen) atoms. The van der Waals surface area contributed by atoms with Crippen molar-refractivity contribution in [2.24, 2.45) is 0 Å². The van der Waals surface area contributed by atoms with Crippen molar-refractivity contribution < 1.29 is 8.42 Å². The number of unbranched alkanes of at least 4 members (excludes halogenated alkanes) is 1. The van der Waals surface area contributed by atoms with Crippen LogP contribution in [0.5, 0.6) is 0 Å². The maximum Gasteiger partial charge on any atom is 0.241 e. The number of rotatable bonds is 8. The van der Waals surface area contributed by atoms with Crippen molar-refractivity contribution >= 4 is 41.9 Å². The second-order valence-electron chi connectivity index (χ2n) is 5.25. The molecule has 0 aromatic heterocycles. The number of hydrogen-bond donors (Lipinski definition) is 1. The number of sulfonamides is 1. The molecular weight excluding hydrogens is 420 g/mol. The summed E-state index contributed by atoms with van der Waals surface area (Å²) in [5.41, 5.74) is 0. The summed E-state index contributed by atoms with van der Waals surface area (Å²) in [4.78, 5) is 2.51. The lowest BCUT2D eigenvalue weighted by Gasteiger charge is -2.20. The second kappa shape index (κ2) is 8.62. The first-order valence-electron chi connectivity index (χ1n) is 6.89. The Morgan fingerprint density at radius 1 is 1.24 bits per heavy atom. The summed E-state index contributed by atoms with van der Waals surface area (Å²) in [6.45, 7) is 5.72. The van der Waals surface area contributed by atoms with Crippen LogP contribution in [0.25, 0.3) is 0 Å². The molecule has 1 aromatic rings. The Bertz CT molecular complexity index is 562. The maximum absolute atomic E-state index is 12.2. The summed E-state index contributed by atoms with van der Waals surface area (Å²) in [7, 11) is -1.39. The van der Waals surface area contributed by atoms with Gasteiger partial charge in [-0.25, -0.2) is 13.1 Å². The third-order valence-corrected chi connectivity index (χ3v) is 6.24. The SMILES string of the molecule is CC(C)N(C)CCCCNS(=O)(=O)c1cc(Br)ccc1Br. The smallest absolute Gasteiger partial charge is 0.241 e. The molecule has 0 amide bonds. The van der Waals surface area contributed by atoms with Crippen LogP contribution < -0.4 is 4.72 Å². The van der Waals surface area contributed by atoms with Crippen LogP contribution in [0.15, 0.2) is 32.0 Å². The Kier molecular flexibility index (Phi) is 7.84. The quantitative estimate of drug-likeness (QED) is 0.626. The zero-order valence-corrected chi connectivity index (χ0v) is 16.6. The van der Waals surface area contributed by atoms with Crippen molar-refractivity contribution in [3.8, 4) is 0 Å². The van der Waals surface area contributed by atoms with E-state index in [-0.39, 0.29) is 4.90 Å². The predicted molar refractivity (Wildman–Crippen MR) is 94.0 cm³/mol. The largest absolute Gasteiger partial charge is 0.304 e. The van der Waals surface area contributed by atoms with Crippen LogP contribution in [0.4, 0.5) is 0 Å². The summed E-state index contributed by atoms with van der Waals surface area (Å²) < 4.78 is 28.4. The molecule has 0 aliphatic heterocycles. The Labute approximate surface area is 144 Å². The fourth-order valence-corrected chi connectivity index (χ4v) is 4.29.